The molecule has 0 heterocycles. The Balaban J connectivity index is 2.32. The van der Waals surface area contributed by atoms with Crippen LogP contribution in [0.1, 0.15) is 26.3 Å². The van der Waals surface area contributed by atoms with Crippen LogP contribution in [-0.2, 0) is 11.2 Å². The predicted octanol–water partition coefficient (Wildman–Crippen LogP) is 2.77. The number of benzene rings is 1. The van der Waals surface area contributed by atoms with Crippen LogP contribution >= 0.6 is 0 Å². The Bertz CT molecular complexity index is 466. The van der Waals surface area contributed by atoms with Gasteiger partial charge >= 0.3 is 6.09 Å². The zero-order valence-electron chi connectivity index (χ0n) is 12.2. The molecule has 108 valence electrons. The standard InChI is InChI=1S/C16H21NO3/c1-5-12-19-14-8-6-13(7-9-14)10-11-17-15(18)20-16(2,3)4/h1,6-9H,10-12H2,2-4H3,(H,17,18). The maximum atomic E-state index is 11.4. The third-order valence-electron chi connectivity index (χ3n) is 2.33. The summed E-state index contributed by atoms with van der Waals surface area (Å²) in [5.41, 5.74) is 0.634. The number of hydrogen-bond acceptors (Lipinski definition) is 3. The summed E-state index contributed by atoms with van der Waals surface area (Å²) in [4.78, 5) is 11.4. The van der Waals surface area contributed by atoms with Gasteiger partial charge in [0.25, 0.3) is 0 Å². The lowest BCUT2D eigenvalue weighted by atomic mass is 10.1. The molecule has 0 radical (unpaired) electrons. The van der Waals surface area contributed by atoms with Gasteiger partial charge in [0.05, 0.1) is 0 Å². The van der Waals surface area contributed by atoms with Gasteiger partial charge in [0.15, 0.2) is 0 Å². The first-order chi connectivity index (χ1) is 9.40. The molecule has 0 atom stereocenters. The molecule has 0 spiro atoms. The largest absolute Gasteiger partial charge is 0.481 e. The number of carbonyl (C=O) groups is 1. The van der Waals surface area contributed by atoms with Crippen molar-refractivity contribution in [1.29, 1.82) is 0 Å². The Hall–Kier alpha value is -2.15. The first-order valence-electron chi connectivity index (χ1n) is 6.53. The minimum atomic E-state index is -0.472. The van der Waals surface area contributed by atoms with Gasteiger partial charge in [-0.25, -0.2) is 4.79 Å². The van der Waals surface area contributed by atoms with Gasteiger partial charge in [0.2, 0.25) is 0 Å². The summed E-state index contributed by atoms with van der Waals surface area (Å²) < 4.78 is 10.4. The van der Waals surface area contributed by atoms with Crippen LogP contribution in [0.25, 0.3) is 0 Å². The zero-order valence-corrected chi connectivity index (χ0v) is 12.2. The second-order valence-electron chi connectivity index (χ2n) is 5.32. The molecular weight excluding hydrogens is 254 g/mol. The molecular formula is C16H21NO3. The molecule has 0 aliphatic rings. The molecule has 0 saturated heterocycles. The second-order valence-corrected chi connectivity index (χ2v) is 5.32. The third kappa shape index (κ3) is 6.69. The highest BCUT2D eigenvalue weighted by atomic mass is 16.6. The summed E-state index contributed by atoms with van der Waals surface area (Å²) in [7, 11) is 0. The number of nitrogens with one attached hydrogen (secondary N) is 1. The van der Waals surface area contributed by atoms with E-state index in [2.05, 4.69) is 11.2 Å². The molecule has 1 rings (SSSR count). The summed E-state index contributed by atoms with van der Waals surface area (Å²) in [6.07, 6.45) is 5.45. The van der Waals surface area contributed by atoms with Gasteiger partial charge in [-0.05, 0) is 44.9 Å². The van der Waals surface area contributed by atoms with Gasteiger partial charge < -0.3 is 14.8 Å². The molecule has 4 nitrogen and oxygen atoms in total. The number of alkyl carbamates (subject to hydrolysis) is 1. The van der Waals surface area contributed by atoms with Crippen molar-refractivity contribution in [3.8, 4) is 18.1 Å². The van der Waals surface area contributed by atoms with Crippen molar-refractivity contribution in [3.63, 3.8) is 0 Å². The van der Waals surface area contributed by atoms with Crippen molar-refractivity contribution >= 4 is 6.09 Å². The molecule has 0 aromatic heterocycles. The van der Waals surface area contributed by atoms with Crippen LogP contribution in [0, 0.1) is 12.3 Å². The summed E-state index contributed by atoms with van der Waals surface area (Å²) >= 11 is 0. The first-order valence-corrected chi connectivity index (χ1v) is 6.53. The van der Waals surface area contributed by atoms with Crippen LogP contribution in [0.5, 0.6) is 5.75 Å². The van der Waals surface area contributed by atoms with Crippen LogP contribution in [0.15, 0.2) is 24.3 Å². The van der Waals surface area contributed by atoms with Gasteiger partial charge in [-0.2, -0.15) is 0 Å². The van der Waals surface area contributed by atoms with Crippen LogP contribution in [0.3, 0.4) is 0 Å². The SMILES string of the molecule is C#CCOc1ccc(CCNC(=O)OC(C)(C)C)cc1. The molecule has 0 unspecified atom stereocenters. The van der Waals surface area contributed by atoms with Crippen molar-refractivity contribution in [2.24, 2.45) is 0 Å². The molecule has 1 amide bonds. The average molecular weight is 275 g/mol. The van der Waals surface area contributed by atoms with Crippen LogP contribution in [-0.4, -0.2) is 24.8 Å². The van der Waals surface area contributed by atoms with Gasteiger partial charge in [0, 0.05) is 6.54 Å². The van der Waals surface area contributed by atoms with Gasteiger partial charge in [-0.1, -0.05) is 18.1 Å². The van der Waals surface area contributed by atoms with Crippen molar-refractivity contribution in [1.82, 2.24) is 5.32 Å². The third-order valence-corrected chi connectivity index (χ3v) is 2.33. The number of carbonyl (C=O) groups excluding carboxylic acids is 1. The Morgan fingerprint density at radius 1 is 1.30 bits per heavy atom. The summed E-state index contributed by atoms with van der Waals surface area (Å²) in [6, 6.07) is 7.62. The van der Waals surface area contributed by atoms with E-state index in [4.69, 9.17) is 15.9 Å². The van der Waals surface area contributed by atoms with Gasteiger partial charge in [0.1, 0.15) is 18.0 Å². The Labute approximate surface area is 120 Å². The van der Waals surface area contributed by atoms with E-state index in [-0.39, 0.29) is 6.61 Å². The summed E-state index contributed by atoms with van der Waals surface area (Å²) in [5, 5.41) is 2.72. The van der Waals surface area contributed by atoms with Gasteiger partial charge in [-0.3, -0.25) is 0 Å². The summed E-state index contributed by atoms with van der Waals surface area (Å²) in [6.45, 7) is 6.30. The Kier molecular flexibility index (Phi) is 5.92. The number of rotatable bonds is 5. The minimum Gasteiger partial charge on any atom is -0.481 e. The van der Waals surface area contributed by atoms with E-state index in [9.17, 15) is 4.79 Å². The van der Waals surface area contributed by atoms with E-state index in [0.29, 0.717) is 6.54 Å². The maximum Gasteiger partial charge on any atom is 0.407 e. The minimum absolute atomic E-state index is 0.263. The maximum absolute atomic E-state index is 11.4. The highest BCUT2D eigenvalue weighted by Crippen LogP contribution is 2.12. The van der Waals surface area contributed by atoms with Gasteiger partial charge in [-0.15, -0.1) is 6.42 Å². The smallest absolute Gasteiger partial charge is 0.407 e. The Morgan fingerprint density at radius 2 is 1.95 bits per heavy atom. The highest BCUT2D eigenvalue weighted by molar-refractivity contribution is 5.67. The average Bonchev–Trinajstić information content (AvgIpc) is 2.35. The van der Waals surface area contributed by atoms with Crippen molar-refractivity contribution in [2.45, 2.75) is 32.8 Å². The zero-order chi connectivity index (χ0) is 15.0. The van der Waals surface area contributed by atoms with E-state index >= 15 is 0 Å². The molecule has 1 aromatic carbocycles. The van der Waals surface area contributed by atoms with E-state index in [0.717, 1.165) is 17.7 Å². The molecule has 1 aromatic rings. The second kappa shape index (κ2) is 7.44. The molecule has 1 N–H and O–H groups in total. The van der Waals surface area contributed by atoms with E-state index in [1.54, 1.807) is 0 Å². The van der Waals surface area contributed by atoms with Crippen LogP contribution in [0.2, 0.25) is 0 Å². The first kappa shape index (κ1) is 15.9. The topological polar surface area (TPSA) is 47.6 Å². The molecule has 4 heteroatoms. The quantitative estimate of drug-likeness (QED) is 0.841. The molecule has 0 aliphatic carbocycles. The number of hydrogen-bond donors (Lipinski definition) is 1. The van der Waals surface area contributed by atoms with Crippen molar-refractivity contribution in [2.75, 3.05) is 13.2 Å². The van der Waals surface area contributed by atoms with Crippen LogP contribution < -0.4 is 10.1 Å². The van der Waals surface area contributed by atoms with Crippen LogP contribution in [0.4, 0.5) is 4.79 Å². The number of terminal acetylenes is 1. The molecule has 0 fully saturated rings. The summed E-state index contributed by atoms with van der Waals surface area (Å²) in [5.74, 6) is 3.15. The number of amides is 1. The molecule has 0 bridgehead atoms. The normalized spacial score (nSPS) is 10.5. The van der Waals surface area contributed by atoms with E-state index in [1.165, 1.54) is 0 Å². The van der Waals surface area contributed by atoms with Crippen molar-refractivity contribution < 1.29 is 14.3 Å². The molecule has 0 saturated carbocycles. The lowest BCUT2D eigenvalue weighted by Crippen LogP contribution is -2.33. The highest BCUT2D eigenvalue weighted by Gasteiger charge is 2.15. The fraction of sp³-hybridized carbons (Fsp3) is 0.438. The number of ether oxygens (including phenoxy) is 2. The lowest BCUT2D eigenvalue weighted by molar-refractivity contribution is 0.0528. The van der Waals surface area contributed by atoms with E-state index in [1.807, 2.05) is 45.0 Å². The van der Waals surface area contributed by atoms with Crippen molar-refractivity contribution in [3.05, 3.63) is 29.8 Å². The molecule has 0 aliphatic heterocycles. The Morgan fingerprint density at radius 3 is 2.50 bits per heavy atom. The van der Waals surface area contributed by atoms with E-state index < -0.39 is 11.7 Å². The predicted molar refractivity (Wildman–Crippen MR) is 78.7 cm³/mol. The molecule has 20 heavy (non-hydrogen) atoms. The lowest BCUT2D eigenvalue weighted by Gasteiger charge is -2.19. The fourth-order valence-electron chi connectivity index (χ4n) is 1.50. The fourth-order valence-corrected chi connectivity index (χ4v) is 1.50. The monoisotopic (exact) mass is 275 g/mol.